The fourth-order valence-corrected chi connectivity index (χ4v) is 3.00. The van der Waals surface area contributed by atoms with Gasteiger partial charge in [-0.3, -0.25) is 0 Å². The predicted octanol–water partition coefficient (Wildman–Crippen LogP) is 4.94. The van der Waals surface area contributed by atoms with Gasteiger partial charge in [-0.15, -0.1) is 0 Å². The van der Waals surface area contributed by atoms with Gasteiger partial charge in [0.1, 0.15) is 0 Å². The summed E-state index contributed by atoms with van der Waals surface area (Å²) in [5.74, 6) is 0.700. The minimum absolute atomic E-state index is 0.454. The number of hydrogen-bond acceptors (Lipinski definition) is 3. The minimum Gasteiger partial charge on any atom is -0.326 e. The Bertz CT molecular complexity index is 954. The maximum absolute atomic E-state index is 5.93. The van der Waals surface area contributed by atoms with Crippen molar-refractivity contribution < 1.29 is 0 Å². The van der Waals surface area contributed by atoms with Crippen molar-refractivity contribution >= 4 is 0 Å². The first-order valence-corrected chi connectivity index (χ1v) is 8.63. The highest BCUT2D eigenvalue weighted by Crippen LogP contribution is 2.28. The van der Waals surface area contributed by atoms with Gasteiger partial charge in [0.25, 0.3) is 0 Å². The standard InChI is InChI=1S/C23H19N3/c24-16-19-13-7-8-14-20(19)23-25-21(17-9-3-1-4-10-17)15-22(26-23)18-11-5-2-6-12-18/h1-15H,16,24H2. The molecule has 3 heteroatoms. The molecule has 0 unspecified atom stereocenters. The summed E-state index contributed by atoms with van der Waals surface area (Å²) in [6.07, 6.45) is 0. The molecule has 0 aliphatic carbocycles. The van der Waals surface area contributed by atoms with Crippen LogP contribution in [0.1, 0.15) is 5.56 Å². The fourth-order valence-electron chi connectivity index (χ4n) is 3.00. The molecule has 26 heavy (non-hydrogen) atoms. The number of nitrogens with zero attached hydrogens (tertiary/aromatic N) is 2. The van der Waals surface area contributed by atoms with E-state index in [9.17, 15) is 0 Å². The Morgan fingerprint density at radius 3 is 1.65 bits per heavy atom. The van der Waals surface area contributed by atoms with Gasteiger partial charge in [0.05, 0.1) is 11.4 Å². The van der Waals surface area contributed by atoms with Gasteiger partial charge >= 0.3 is 0 Å². The zero-order chi connectivity index (χ0) is 17.8. The van der Waals surface area contributed by atoms with E-state index in [2.05, 4.69) is 24.3 Å². The summed E-state index contributed by atoms with van der Waals surface area (Å²) in [5.41, 5.74) is 11.9. The highest BCUT2D eigenvalue weighted by atomic mass is 14.9. The summed E-state index contributed by atoms with van der Waals surface area (Å²) < 4.78 is 0. The van der Waals surface area contributed by atoms with Crippen molar-refractivity contribution in [2.45, 2.75) is 6.54 Å². The second-order valence-corrected chi connectivity index (χ2v) is 6.06. The molecule has 0 bridgehead atoms. The Kier molecular flexibility index (Phi) is 4.54. The molecule has 1 aromatic heterocycles. The Morgan fingerprint density at radius 1 is 0.615 bits per heavy atom. The second kappa shape index (κ2) is 7.30. The van der Waals surface area contributed by atoms with Crippen LogP contribution in [-0.4, -0.2) is 9.97 Å². The molecule has 0 aliphatic heterocycles. The number of nitrogens with two attached hydrogens (primary N) is 1. The molecule has 0 amide bonds. The Morgan fingerprint density at radius 2 is 1.12 bits per heavy atom. The minimum atomic E-state index is 0.454. The Hall–Kier alpha value is -3.30. The first-order valence-electron chi connectivity index (χ1n) is 8.63. The summed E-state index contributed by atoms with van der Waals surface area (Å²) >= 11 is 0. The lowest BCUT2D eigenvalue weighted by molar-refractivity contribution is 1.06. The molecule has 2 N–H and O–H groups in total. The van der Waals surface area contributed by atoms with Crippen LogP contribution in [0, 0.1) is 0 Å². The first kappa shape index (κ1) is 16.2. The van der Waals surface area contributed by atoms with Crippen molar-refractivity contribution in [3.05, 3.63) is 96.6 Å². The maximum atomic E-state index is 5.93. The van der Waals surface area contributed by atoms with Gasteiger partial charge in [-0.25, -0.2) is 9.97 Å². The normalized spacial score (nSPS) is 10.7. The van der Waals surface area contributed by atoms with Gasteiger partial charge in [0.15, 0.2) is 5.82 Å². The molecule has 0 fully saturated rings. The zero-order valence-corrected chi connectivity index (χ0v) is 14.3. The van der Waals surface area contributed by atoms with Gasteiger partial charge in [-0.1, -0.05) is 84.9 Å². The monoisotopic (exact) mass is 337 g/mol. The third-order valence-electron chi connectivity index (χ3n) is 4.34. The second-order valence-electron chi connectivity index (χ2n) is 6.06. The Labute approximate surface area is 153 Å². The van der Waals surface area contributed by atoms with Crippen molar-refractivity contribution in [1.29, 1.82) is 0 Å². The van der Waals surface area contributed by atoms with Crippen LogP contribution in [0.15, 0.2) is 91.0 Å². The smallest absolute Gasteiger partial charge is 0.160 e. The molecule has 0 atom stereocenters. The van der Waals surface area contributed by atoms with Crippen LogP contribution in [0.4, 0.5) is 0 Å². The van der Waals surface area contributed by atoms with Crippen LogP contribution in [0.5, 0.6) is 0 Å². The van der Waals surface area contributed by atoms with Gasteiger partial charge < -0.3 is 5.73 Å². The molecule has 0 saturated heterocycles. The van der Waals surface area contributed by atoms with Gasteiger partial charge in [0, 0.05) is 23.2 Å². The van der Waals surface area contributed by atoms with Crippen molar-refractivity contribution in [3.8, 4) is 33.9 Å². The number of benzene rings is 3. The van der Waals surface area contributed by atoms with E-state index in [4.69, 9.17) is 15.7 Å². The molecule has 0 radical (unpaired) electrons. The molecule has 0 aliphatic rings. The van der Waals surface area contributed by atoms with Gasteiger partial charge in [0.2, 0.25) is 0 Å². The average Bonchev–Trinajstić information content (AvgIpc) is 2.74. The molecule has 1 heterocycles. The lowest BCUT2D eigenvalue weighted by Crippen LogP contribution is -2.02. The highest BCUT2D eigenvalue weighted by Gasteiger charge is 2.12. The van der Waals surface area contributed by atoms with E-state index in [0.717, 1.165) is 33.6 Å². The van der Waals surface area contributed by atoms with Crippen molar-refractivity contribution in [1.82, 2.24) is 9.97 Å². The van der Waals surface area contributed by atoms with E-state index in [1.165, 1.54) is 0 Å². The molecular weight excluding hydrogens is 318 g/mol. The first-order chi connectivity index (χ1) is 12.8. The van der Waals surface area contributed by atoms with Crippen LogP contribution in [0.2, 0.25) is 0 Å². The zero-order valence-electron chi connectivity index (χ0n) is 14.3. The van der Waals surface area contributed by atoms with Crippen LogP contribution >= 0.6 is 0 Å². The summed E-state index contributed by atoms with van der Waals surface area (Å²) in [4.78, 5) is 9.68. The molecule has 0 saturated carbocycles. The molecule has 4 rings (SSSR count). The predicted molar refractivity (Wildman–Crippen MR) is 106 cm³/mol. The van der Waals surface area contributed by atoms with E-state index in [1.54, 1.807) is 0 Å². The van der Waals surface area contributed by atoms with Crippen molar-refractivity contribution in [2.75, 3.05) is 0 Å². The van der Waals surface area contributed by atoms with E-state index >= 15 is 0 Å². The van der Waals surface area contributed by atoms with Crippen LogP contribution in [0.25, 0.3) is 33.9 Å². The SMILES string of the molecule is NCc1ccccc1-c1nc(-c2ccccc2)cc(-c2ccccc2)n1. The van der Waals surface area contributed by atoms with Crippen LogP contribution < -0.4 is 5.73 Å². The summed E-state index contributed by atoms with van der Waals surface area (Å²) in [6.45, 7) is 0.454. The largest absolute Gasteiger partial charge is 0.326 e. The van der Waals surface area contributed by atoms with Crippen molar-refractivity contribution in [2.24, 2.45) is 5.73 Å². The quantitative estimate of drug-likeness (QED) is 0.574. The highest BCUT2D eigenvalue weighted by molar-refractivity contribution is 5.72. The Balaban J connectivity index is 1.94. The topological polar surface area (TPSA) is 51.8 Å². The third-order valence-corrected chi connectivity index (χ3v) is 4.34. The molecule has 4 aromatic rings. The molecule has 3 nitrogen and oxygen atoms in total. The van der Waals surface area contributed by atoms with Gasteiger partial charge in [-0.05, 0) is 11.6 Å². The number of rotatable bonds is 4. The molecular formula is C23H19N3. The van der Waals surface area contributed by atoms with E-state index in [-0.39, 0.29) is 0 Å². The molecule has 3 aromatic carbocycles. The van der Waals surface area contributed by atoms with Gasteiger partial charge in [-0.2, -0.15) is 0 Å². The summed E-state index contributed by atoms with van der Waals surface area (Å²) in [7, 11) is 0. The fraction of sp³-hybridized carbons (Fsp3) is 0.0435. The number of hydrogen-bond donors (Lipinski definition) is 1. The van der Waals surface area contributed by atoms with Crippen LogP contribution in [-0.2, 0) is 6.54 Å². The van der Waals surface area contributed by atoms with E-state index < -0.39 is 0 Å². The van der Waals surface area contributed by atoms with Crippen LogP contribution in [0.3, 0.4) is 0 Å². The van der Waals surface area contributed by atoms with Crippen molar-refractivity contribution in [3.63, 3.8) is 0 Å². The van der Waals surface area contributed by atoms with E-state index in [0.29, 0.717) is 12.4 Å². The summed E-state index contributed by atoms with van der Waals surface area (Å²) in [6, 6.07) is 30.4. The average molecular weight is 337 g/mol. The third kappa shape index (κ3) is 3.25. The molecule has 0 spiro atoms. The molecule has 126 valence electrons. The lowest BCUT2D eigenvalue weighted by atomic mass is 10.0. The summed E-state index contributed by atoms with van der Waals surface area (Å²) in [5, 5.41) is 0. The number of aromatic nitrogens is 2. The van der Waals surface area contributed by atoms with E-state index in [1.807, 2.05) is 66.7 Å². The lowest BCUT2D eigenvalue weighted by Gasteiger charge is -2.11. The maximum Gasteiger partial charge on any atom is 0.160 e.